The Labute approximate surface area is 96.9 Å². The summed E-state index contributed by atoms with van der Waals surface area (Å²) in [5.41, 5.74) is 3.78. The number of hydrogen-bond donors (Lipinski definition) is 0. The summed E-state index contributed by atoms with van der Waals surface area (Å²) in [7, 11) is 0. The highest BCUT2D eigenvalue weighted by molar-refractivity contribution is 5.96. The van der Waals surface area contributed by atoms with Gasteiger partial charge in [0.1, 0.15) is 0 Å². The van der Waals surface area contributed by atoms with Crippen LogP contribution in [0.15, 0.2) is 43.0 Å². The van der Waals surface area contributed by atoms with Gasteiger partial charge in [-0.3, -0.25) is 0 Å². The lowest BCUT2D eigenvalue weighted by atomic mass is 9.95. The average Bonchev–Trinajstić information content (AvgIpc) is 2.30. The Balaban J connectivity index is 2.89. The van der Waals surface area contributed by atoms with Crippen molar-refractivity contribution >= 4 is 22.9 Å². The van der Waals surface area contributed by atoms with E-state index >= 15 is 0 Å². The standard InChI is InChI=1S/C16H16/c1-4-8-13-11-12(3)15-9-6-7-10-16(15)14(13)5-2/h4-11H,2H2,1,3H3/b8-4-. The maximum absolute atomic E-state index is 3.92. The number of hydrogen-bond acceptors (Lipinski definition) is 0. The Kier molecular flexibility index (Phi) is 2.91. The van der Waals surface area contributed by atoms with Crippen LogP contribution in [0.4, 0.5) is 0 Å². The van der Waals surface area contributed by atoms with Gasteiger partial charge in [0.15, 0.2) is 0 Å². The lowest BCUT2D eigenvalue weighted by Gasteiger charge is -2.09. The summed E-state index contributed by atoms with van der Waals surface area (Å²) in [5.74, 6) is 0. The van der Waals surface area contributed by atoms with Crippen molar-refractivity contribution in [1.29, 1.82) is 0 Å². The number of aryl methyl sites for hydroxylation is 1. The van der Waals surface area contributed by atoms with Crippen LogP contribution in [-0.4, -0.2) is 0 Å². The predicted octanol–water partition coefficient (Wildman–Crippen LogP) is 4.82. The normalized spacial score (nSPS) is 11.1. The molecular weight excluding hydrogens is 192 g/mol. The number of benzene rings is 2. The second-order valence-corrected chi connectivity index (χ2v) is 3.95. The third-order valence-electron chi connectivity index (χ3n) is 2.88. The SMILES string of the molecule is C=Cc1c(/C=C\C)cc(C)c2ccccc12. The summed E-state index contributed by atoms with van der Waals surface area (Å²) in [4.78, 5) is 0. The maximum atomic E-state index is 3.92. The molecule has 0 heterocycles. The van der Waals surface area contributed by atoms with Gasteiger partial charge >= 0.3 is 0 Å². The van der Waals surface area contributed by atoms with Crippen LogP contribution in [0.1, 0.15) is 23.6 Å². The maximum Gasteiger partial charge on any atom is -0.0103 e. The third-order valence-corrected chi connectivity index (χ3v) is 2.88. The van der Waals surface area contributed by atoms with Gasteiger partial charge in [0.2, 0.25) is 0 Å². The molecule has 0 fully saturated rings. The van der Waals surface area contributed by atoms with Crippen molar-refractivity contribution in [2.75, 3.05) is 0 Å². The highest BCUT2D eigenvalue weighted by atomic mass is 14.1. The Morgan fingerprint density at radius 3 is 2.44 bits per heavy atom. The second-order valence-electron chi connectivity index (χ2n) is 3.95. The molecule has 0 aliphatic heterocycles. The molecular formula is C16H16. The highest BCUT2D eigenvalue weighted by Gasteiger charge is 2.04. The molecule has 0 aromatic heterocycles. The van der Waals surface area contributed by atoms with Crippen molar-refractivity contribution in [3.05, 3.63) is 59.7 Å². The minimum Gasteiger partial charge on any atom is -0.0984 e. The summed E-state index contributed by atoms with van der Waals surface area (Å²) < 4.78 is 0. The first-order valence-electron chi connectivity index (χ1n) is 5.55. The van der Waals surface area contributed by atoms with Crippen molar-refractivity contribution in [2.24, 2.45) is 0 Å². The van der Waals surface area contributed by atoms with Crippen LogP contribution in [0.25, 0.3) is 22.9 Å². The Hall–Kier alpha value is -1.82. The lowest BCUT2D eigenvalue weighted by Crippen LogP contribution is -1.87. The molecule has 0 heteroatoms. The summed E-state index contributed by atoms with van der Waals surface area (Å²) >= 11 is 0. The summed E-state index contributed by atoms with van der Waals surface area (Å²) in [6.45, 7) is 8.11. The van der Waals surface area contributed by atoms with E-state index in [4.69, 9.17) is 0 Å². The predicted molar refractivity (Wildman–Crippen MR) is 73.5 cm³/mol. The zero-order valence-corrected chi connectivity index (χ0v) is 9.83. The first kappa shape index (κ1) is 10.7. The molecule has 80 valence electrons. The zero-order chi connectivity index (χ0) is 11.5. The molecule has 0 amide bonds. The third kappa shape index (κ3) is 1.67. The molecule has 2 aromatic carbocycles. The van der Waals surface area contributed by atoms with E-state index in [9.17, 15) is 0 Å². The molecule has 0 N–H and O–H groups in total. The highest BCUT2D eigenvalue weighted by Crippen LogP contribution is 2.27. The van der Waals surface area contributed by atoms with Crippen LogP contribution in [0.2, 0.25) is 0 Å². The molecule has 2 rings (SSSR count). The van der Waals surface area contributed by atoms with Crippen LogP contribution < -0.4 is 0 Å². The minimum atomic E-state index is 1.22. The molecule has 0 nitrogen and oxygen atoms in total. The van der Waals surface area contributed by atoms with E-state index in [-0.39, 0.29) is 0 Å². The molecule has 0 bridgehead atoms. The van der Waals surface area contributed by atoms with Crippen molar-refractivity contribution in [1.82, 2.24) is 0 Å². The monoisotopic (exact) mass is 208 g/mol. The van der Waals surface area contributed by atoms with Gasteiger partial charge in [-0.25, -0.2) is 0 Å². The van der Waals surface area contributed by atoms with Crippen LogP contribution in [-0.2, 0) is 0 Å². The minimum absolute atomic E-state index is 1.22. The molecule has 2 aromatic rings. The van der Waals surface area contributed by atoms with Gasteiger partial charge < -0.3 is 0 Å². The summed E-state index contributed by atoms with van der Waals surface area (Å²) in [6, 6.07) is 10.7. The molecule has 0 radical (unpaired) electrons. The van der Waals surface area contributed by atoms with Crippen LogP contribution in [0, 0.1) is 6.92 Å². The summed E-state index contributed by atoms with van der Waals surface area (Å²) in [6.07, 6.45) is 6.14. The molecule has 0 saturated carbocycles. The zero-order valence-electron chi connectivity index (χ0n) is 9.83. The van der Waals surface area contributed by atoms with Gasteiger partial charge in [-0.15, -0.1) is 0 Å². The molecule has 16 heavy (non-hydrogen) atoms. The Morgan fingerprint density at radius 1 is 1.12 bits per heavy atom. The van der Waals surface area contributed by atoms with E-state index in [2.05, 4.69) is 56.0 Å². The van der Waals surface area contributed by atoms with E-state index in [1.165, 1.54) is 27.5 Å². The largest absolute Gasteiger partial charge is 0.0984 e. The van der Waals surface area contributed by atoms with Gasteiger partial charge in [0.25, 0.3) is 0 Å². The summed E-state index contributed by atoms with van der Waals surface area (Å²) in [5, 5.41) is 2.59. The molecule has 0 aliphatic rings. The van der Waals surface area contributed by atoms with E-state index < -0.39 is 0 Å². The molecule has 0 spiro atoms. The van der Waals surface area contributed by atoms with E-state index in [1.807, 2.05) is 13.0 Å². The number of allylic oxidation sites excluding steroid dienone is 1. The van der Waals surface area contributed by atoms with Crippen molar-refractivity contribution in [3.63, 3.8) is 0 Å². The second kappa shape index (κ2) is 4.36. The quantitative estimate of drug-likeness (QED) is 0.663. The smallest absolute Gasteiger partial charge is 0.0103 e. The van der Waals surface area contributed by atoms with E-state index in [0.29, 0.717) is 0 Å². The van der Waals surface area contributed by atoms with E-state index in [1.54, 1.807) is 0 Å². The fraction of sp³-hybridized carbons (Fsp3) is 0.125. The average molecular weight is 208 g/mol. The van der Waals surface area contributed by atoms with Gasteiger partial charge in [-0.2, -0.15) is 0 Å². The van der Waals surface area contributed by atoms with Crippen LogP contribution in [0.3, 0.4) is 0 Å². The fourth-order valence-corrected chi connectivity index (χ4v) is 2.15. The molecule has 0 saturated heterocycles. The van der Waals surface area contributed by atoms with E-state index in [0.717, 1.165) is 0 Å². The lowest BCUT2D eigenvalue weighted by molar-refractivity contribution is 1.50. The van der Waals surface area contributed by atoms with Crippen molar-refractivity contribution < 1.29 is 0 Å². The molecule has 0 aliphatic carbocycles. The first-order valence-corrected chi connectivity index (χ1v) is 5.55. The van der Waals surface area contributed by atoms with Crippen LogP contribution in [0.5, 0.6) is 0 Å². The van der Waals surface area contributed by atoms with Crippen LogP contribution >= 0.6 is 0 Å². The topological polar surface area (TPSA) is 0 Å². The van der Waals surface area contributed by atoms with Crippen molar-refractivity contribution in [3.8, 4) is 0 Å². The van der Waals surface area contributed by atoms with Gasteiger partial charge in [0.05, 0.1) is 0 Å². The van der Waals surface area contributed by atoms with Gasteiger partial charge in [-0.05, 0) is 41.3 Å². The fourth-order valence-electron chi connectivity index (χ4n) is 2.15. The Morgan fingerprint density at radius 2 is 1.81 bits per heavy atom. The first-order chi connectivity index (χ1) is 7.77. The van der Waals surface area contributed by atoms with Gasteiger partial charge in [0, 0.05) is 0 Å². The molecule has 0 atom stereocenters. The molecule has 0 unspecified atom stereocenters. The number of rotatable bonds is 2. The Bertz CT molecular complexity index is 560. The van der Waals surface area contributed by atoms with Crippen molar-refractivity contribution in [2.45, 2.75) is 13.8 Å². The van der Waals surface area contributed by atoms with Gasteiger partial charge in [-0.1, -0.05) is 55.1 Å². The number of fused-ring (bicyclic) bond motifs is 1.